The van der Waals surface area contributed by atoms with Crippen LogP contribution < -0.4 is 5.56 Å². The minimum atomic E-state index is -0.181. The molecule has 0 saturated heterocycles. The third kappa shape index (κ3) is 2.04. The van der Waals surface area contributed by atoms with Gasteiger partial charge < -0.3 is 0 Å². The van der Waals surface area contributed by atoms with Gasteiger partial charge in [0.05, 0.1) is 5.69 Å². The number of aromatic nitrogens is 3. The van der Waals surface area contributed by atoms with E-state index in [0.29, 0.717) is 6.42 Å². The van der Waals surface area contributed by atoms with Gasteiger partial charge in [0, 0.05) is 24.9 Å². The first-order valence-corrected chi connectivity index (χ1v) is 4.28. The summed E-state index contributed by atoms with van der Waals surface area (Å²) in [5.74, 6) is 0. The zero-order valence-electron chi connectivity index (χ0n) is 7.47. The fraction of sp³-hybridized carbons (Fsp3) is 0.100. The molecule has 0 aliphatic carbocycles. The number of aromatic amines is 1. The van der Waals surface area contributed by atoms with Gasteiger partial charge in [-0.1, -0.05) is 6.07 Å². The number of H-pyrrole nitrogens is 1. The van der Waals surface area contributed by atoms with Crippen LogP contribution in [0.3, 0.4) is 0 Å². The Labute approximate surface area is 80.6 Å². The molecule has 1 N–H and O–H groups in total. The molecule has 0 unspecified atom stereocenters. The fourth-order valence-electron chi connectivity index (χ4n) is 1.18. The number of hydrogen-bond acceptors (Lipinski definition) is 3. The highest BCUT2D eigenvalue weighted by Gasteiger charge is 1.96. The molecule has 4 heteroatoms. The zero-order chi connectivity index (χ0) is 9.80. The van der Waals surface area contributed by atoms with Crippen molar-refractivity contribution in [1.82, 2.24) is 15.2 Å². The van der Waals surface area contributed by atoms with Crippen LogP contribution in [-0.4, -0.2) is 15.2 Å². The van der Waals surface area contributed by atoms with Crippen LogP contribution in [-0.2, 0) is 6.42 Å². The molecule has 0 spiro atoms. The van der Waals surface area contributed by atoms with Crippen LogP contribution in [0.2, 0.25) is 0 Å². The second-order valence-corrected chi connectivity index (χ2v) is 2.95. The maximum absolute atomic E-state index is 10.7. The van der Waals surface area contributed by atoms with E-state index in [2.05, 4.69) is 15.2 Å². The summed E-state index contributed by atoms with van der Waals surface area (Å²) in [6.07, 6.45) is 4.20. The van der Waals surface area contributed by atoms with Crippen LogP contribution in [0.5, 0.6) is 0 Å². The molecule has 0 aliphatic rings. The molecule has 70 valence electrons. The van der Waals surface area contributed by atoms with Gasteiger partial charge in [-0.3, -0.25) is 9.78 Å². The molecule has 0 radical (unpaired) electrons. The van der Waals surface area contributed by atoms with Gasteiger partial charge in [-0.2, -0.15) is 5.10 Å². The van der Waals surface area contributed by atoms with E-state index in [1.165, 1.54) is 6.07 Å². The van der Waals surface area contributed by atoms with Crippen molar-refractivity contribution in [2.24, 2.45) is 0 Å². The van der Waals surface area contributed by atoms with E-state index < -0.39 is 0 Å². The van der Waals surface area contributed by atoms with E-state index in [1.807, 2.05) is 12.1 Å². The molecule has 2 aromatic heterocycles. The summed E-state index contributed by atoms with van der Waals surface area (Å²) in [5, 5.41) is 6.30. The molecular formula is C10H9N3O. The minimum Gasteiger partial charge on any atom is -0.268 e. The summed E-state index contributed by atoms with van der Waals surface area (Å²) in [4.78, 5) is 14.7. The van der Waals surface area contributed by atoms with Gasteiger partial charge in [0.1, 0.15) is 0 Å². The van der Waals surface area contributed by atoms with Gasteiger partial charge in [-0.05, 0) is 17.7 Å². The van der Waals surface area contributed by atoms with Gasteiger partial charge in [0.2, 0.25) is 0 Å². The predicted molar refractivity (Wildman–Crippen MR) is 51.9 cm³/mol. The lowest BCUT2D eigenvalue weighted by molar-refractivity contribution is 0.908. The van der Waals surface area contributed by atoms with E-state index in [0.717, 1.165) is 11.3 Å². The summed E-state index contributed by atoms with van der Waals surface area (Å²) < 4.78 is 0. The Balaban J connectivity index is 2.19. The van der Waals surface area contributed by atoms with Crippen molar-refractivity contribution in [3.8, 4) is 0 Å². The Morgan fingerprint density at radius 1 is 1.29 bits per heavy atom. The topological polar surface area (TPSA) is 58.6 Å². The number of pyridine rings is 1. The Bertz CT molecular complexity index is 444. The van der Waals surface area contributed by atoms with E-state index in [1.54, 1.807) is 18.5 Å². The average molecular weight is 187 g/mol. The maximum Gasteiger partial charge on any atom is 0.264 e. The number of rotatable bonds is 2. The second kappa shape index (κ2) is 3.83. The maximum atomic E-state index is 10.7. The van der Waals surface area contributed by atoms with Crippen molar-refractivity contribution in [3.63, 3.8) is 0 Å². The third-order valence-corrected chi connectivity index (χ3v) is 1.84. The summed E-state index contributed by atoms with van der Waals surface area (Å²) in [7, 11) is 0. The Hall–Kier alpha value is -1.97. The molecule has 0 atom stereocenters. The van der Waals surface area contributed by atoms with Crippen LogP contribution >= 0.6 is 0 Å². The highest BCUT2D eigenvalue weighted by atomic mass is 16.1. The SMILES string of the molecule is O=c1ccc(Cc2cccnc2)n[nH]1. The first-order chi connectivity index (χ1) is 6.84. The van der Waals surface area contributed by atoms with E-state index >= 15 is 0 Å². The predicted octanol–water partition coefficient (Wildman–Crippen LogP) is 0.756. The highest BCUT2D eigenvalue weighted by Crippen LogP contribution is 2.02. The van der Waals surface area contributed by atoms with Crippen LogP contribution in [0.15, 0.2) is 41.5 Å². The zero-order valence-corrected chi connectivity index (χ0v) is 7.47. The fourth-order valence-corrected chi connectivity index (χ4v) is 1.18. The number of nitrogens with zero attached hydrogens (tertiary/aromatic N) is 2. The molecule has 0 fully saturated rings. The van der Waals surface area contributed by atoms with E-state index in [4.69, 9.17) is 0 Å². The molecule has 2 aromatic rings. The Morgan fingerprint density at radius 2 is 2.21 bits per heavy atom. The Morgan fingerprint density at radius 3 is 2.86 bits per heavy atom. The van der Waals surface area contributed by atoms with E-state index in [-0.39, 0.29) is 5.56 Å². The van der Waals surface area contributed by atoms with Crippen molar-refractivity contribution in [1.29, 1.82) is 0 Å². The van der Waals surface area contributed by atoms with Gasteiger partial charge >= 0.3 is 0 Å². The first kappa shape index (κ1) is 8.62. The molecule has 0 aliphatic heterocycles. The quantitative estimate of drug-likeness (QED) is 0.754. The number of hydrogen-bond donors (Lipinski definition) is 1. The third-order valence-electron chi connectivity index (χ3n) is 1.84. The van der Waals surface area contributed by atoms with Crippen molar-refractivity contribution < 1.29 is 0 Å². The minimum absolute atomic E-state index is 0.181. The van der Waals surface area contributed by atoms with Gasteiger partial charge in [-0.15, -0.1) is 0 Å². The molecule has 0 amide bonds. The van der Waals surface area contributed by atoms with Crippen LogP contribution in [0.25, 0.3) is 0 Å². The highest BCUT2D eigenvalue weighted by molar-refractivity contribution is 5.16. The van der Waals surface area contributed by atoms with Crippen LogP contribution in [0.1, 0.15) is 11.3 Å². The standard InChI is InChI=1S/C10H9N3O/c14-10-4-3-9(12-13-10)6-8-2-1-5-11-7-8/h1-5,7H,6H2,(H,13,14). The normalized spacial score (nSPS) is 10.0. The van der Waals surface area contributed by atoms with Gasteiger partial charge in [0.25, 0.3) is 5.56 Å². The molecule has 2 rings (SSSR count). The summed E-state index contributed by atoms with van der Waals surface area (Å²) >= 11 is 0. The first-order valence-electron chi connectivity index (χ1n) is 4.28. The molecule has 0 aromatic carbocycles. The summed E-state index contributed by atoms with van der Waals surface area (Å²) in [6, 6.07) is 7.03. The lowest BCUT2D eigenvalue weighted by Crippen LogP contribution is -2.07. The van der Waals surface area contributed by atoms with Gasteiger partial charge in [-0.25, -0.2) is 5.10 Å². The van der Waals surface area contributed by atoms with Crippen molar-refractivity contribution in [2.45, 2.75) is 6.42 Å². The van der Waals surface area contributed by atoms with Gasteiger partial charge in [0.15, 0.2) is 0 Å². The van der Waals surface area contributed by atoms with Crippen molar-refractivity contribution >= 4 is 0 Å². The lowest BCUT2D eigenvalue weighted by Gasteiger charge is -1.98. The average Bonchev–Trinajstić information content (AvgIpc) is 2.23. The van der Waals surface area contributed by atoms with Crippen molar-refractivity contribution in [3.05, 3.63) is 58.3 Å². The monoisotopic (exact) mass is 187 g/mol. The molecule has 0 bridgehead atoms. The molecule has 2 heterocycles. The lowest BCUT2D eigenvalue weighted by atomic mass is 10.1. The Kier molecular flexibility index (Phi) is 2.36. The second-order valence-electron chi connectivity index (χ2n) is 2.95. The van der Waals surface area contributed by atoms with E-state index in [9.17, 15) is 4.79 Å². The van der Waals surface area contributed by atoms with Crippen LogP contribution in [0.4, 0.5) is 0 Å². The largest absolute Gasteiger partial charge is 0.268 e. The van der Waals surface area contributed by atoms with Crippen molar-refractivity contribution in [2.75, 3.05) is 0 Å². The molecular weight excluding hydrogens is 178 g/mol. The molecule has 4 nitrogen and oxygen atoms in total. The smallest absolute Gasteiger partial charge is 0.264 e. The summed E-state index contributed by atoms with van der Waals surface area (Å²) in [6.45, 7) is 0. The number of nitrogens with one attached hydrogen (secondary N) is 1. The summed E-state index contributed by atoms with van der Waals surface area (Å²) in [5.41, 5.74) is 1.73. The molecule has 0 saturated carbocycles. The van der Waals surface area contributed by atoms with Crippen LogP contribution in [0, 0.1) is 0 Å². The molecule has 14 heavy (non-hydrogen) atoms.